The smallest absolute Gasteiger partial charge is 0.326 e. The van der Waals surface area contributed by atoms with Crippen molar-refractivity contribution in [1.29, 1.82) is 0 Å². The number of imide groups is 1. The van der Waals surface area contributed by atoms with Gasteiger partial charge in [-0.3, -0.25) is 9.69 Å². The van der Waals surface area contributed by atoms with Crippen molar-refractivity contribution in [2.45, 2.75) is 32.9 Å². The highest BCUT2D eigenvalue weighted by Crippen LogP contribution is 2.36. The number of amides is 3. The fourth-order valence-corrected chi connectivity index (χ4v) is 4.40. The minimum absolute atomic E-state index is 0.0777. The van der Waals surface area contributed by atoms with Crippen LogP contribution in [0.4, 0.5) is 9.18 Å². The normalized spacial score (nSPS) is 15.0. The maximum atomic E-state index is 14.2. The minimum atomic E-state index is -1.32. The second-order valence-electron chi connectivity index (χ2n) is 8.90. The second kappa shape index (κ2) is 9.88. The summed E-state index contributed by atoms with van der Waals surface area (Å²) in [7, 11) is 1.42. The van der Waals surface area contributed by atoms with Gasteiger partial charge in [-0.2, -0.15) is 0 Å². The molecule has 4 rings (SSSR count). The Labute approximate surface area is 205 Å². The Hall–Kier alpha value is -3.71. The lowest BCUT2D eigenvalue weighted by Gasteiger charge is -2.29. The van der Waals surface area contributed by atoms with Crippen molar-refractivity contribution < 1.29 is 18.7 Å². The molecule has 1 N–H and O–H groups in total. The molecule has 1 heterocycles. The van der Waals surface area contributed by atoms with Crippen molar-refractivity contribution in [3.8, 4) is 5.75 Å². The summed E-state index contributed by atoms with van der Waals surface area (Å²) in [6, 6.07) is 19.6. The molecule has 1 fully saturated rings. The monoisotopic (exact) mass is 475 g/mol. The van der Waals surface area contributed by atoms with E-state index in [0.29, 0.717) is 24.2 Å². The van der Waals surface area contributed by atoms with E-state index in [1.54, 1.807) is 12.1 Å². The lowest BCUT2D eigenvalue weighted by atomic mass is 9.82. The van der Waals surface area contributed by atoms with Gasteiger partial charge in [0, 0.05) is 6.54 Å². The summed E-state index contributed by atoms with van der Waals surface area (Å²) in [4.78, 5) is 30.4. The zero-order valence-electron chi connectivity index (χ0n) is 20.5. The Morgan fingerprint density at radius 2 is 1.51 bits per heavy atom. The maximum Gasteiger partial charge on any atom is 0.326 e. The van der Waals surface area contributed by atoms with Gasteiger partial charge in [0.15, 0.2) is 17.1 Å². The van der Waals surface area contributed by atoms with Crippen molar-refractivity contribution in [3.05, 3.63) is 100 Å². The molecule has 1 aliphatic rings. The number of aryl methyl sites for hydroxylation is 2. The molecule has 6 nitrogen and oxygen atoms in total. The number of carbonyl (C=O) groups is 2. The summed E-state index contributed by atoms with van der Waals surface area (Å²) < 4.78 is 19.2. The molecule has 0 aromatic heterocycles. The third-order valence-corrected chi connectivity index (χ3v) is 6.49. The van der Waals surface area contributed by atoms with Crippen LogP contribution in [-0.4, -0.2) is 42.1 Å². The Bertz CT molecular complexity index is 1180. The topological polar surface area (TPSA) is 61.9 Å². The molecule has 0 saturated carbocycles. The summed E-state index contributed by atoms with van der Waals surface area (Å²) in [5.41, 5.74) is 2.93. The summed E-state index contributed by atoms with van der Waals surface area (Å²) >= 11 is 0. The highest BCUT2D eigenvalue weighted by molar-refractivity contribution is 6.09. The number of rotatable bonds is 8. The first-order chi connectivity index (χ1) is 16.8. The fraction of sp³-hybridized carbons (Fsp3) is 0.286. The van der Waals surface area contributed by atoms with Crippen molar-refractivity contribution in [1.82, 2.24) is 15.1 Å². The van der Waals surface area contributed by atoms with E-state index < -0.39 is 17.4 Å². The van der Waals surface area contributed by atoms with Crippen LogP contribution in [0, 0.1) is 19.7 Å². The third-order valence-electron chi connectivity index (χ3n) is 6.49. The third kappa shape index (κ3) is 4.64. The van der Waals surface area contributed by atoms with Crippen LogP contribution in [0.2, 0.25) is 0 Å². The minimum Gasteiger partial charge on any atom is -0.494 e. The molecule has 3 aromatic carbocycles. The van der Waals surface area contributed by atoms with Gasteiger partial charge in [0.2, 0.25) is 0 Å². The largest absolute Gasteiger partial charge is 0.494 e. The highest BCUT2D eigenvalue weighted by Gasteiger charge is 2.53. The molecule has 0 atom stereocenters. The van der Waals surface area contributed by atoms with Crippen LogP contribution in [0.15, 0.2) is 66.7 Å². The summed E-state index contributed by atoms with van der Waals surface area (Å²) in [5, 5.41) is 2.99. The quantitative estimate of drug-likeness (QED) is 0.479. The van der Waals surface area contributed by atoms with Crippen LogP contribution < -0.4 is 10.1 Å². The molecule has 3 amide bonds. The first-order valence-corrected chi connectivity index (χ1v) is 11.6. The SMILES string of the molecule is CCN(Cc1ccc(OC)c(F)c1)CN1C(=O)NC(c2ccc(C)cc2)(c2ccc(C)cc2)C1=O. The van der Waals surface area contributed by atoms with E-state index in [9.17, 15) is 14.0 Å². The molecule has 182 valence electrons. The molecule has 35 heavy (non-hydrogen) atoms. The number of halogens is 1. The zero-order chi connectivity index (χ0) is 25.2. The Morgan fingerprint density at radius 1 is 0.943 bits per heavy atom. The predicted molar refractivity (Wildman–Crippen MR) is 132 cm³/mol. The lowest BCUT2D eigenvalue weighted by Crippen LogP contribution is -2.46. The molecule has 1 aliphatic heterocycles. The average Bonchev–Trinajstić information content (AvgIpc) is 3.10. The van der Waals surface area contributed by atoms with Gasteiger partial charge in [-0.15, -0.1) is 0 Å². The molecule has 7 heteroatoms. The van der Waals surface area contributed by atoms with Gasteiger partial charge >= 0.3 is 6.03 Å². The van der Waals surface area contributed by atoms with Crippen LogP contribution in [0.1, 0.15) is 34.7 Å². The number of ether oxygens (including phenoxy) is 1. The number of hydrogen-bond donors (Lipinski definition) is 1. The molecule has 1 saturated heterocycles. The number of hydrogen-bond acceptors (Lipinski definition) is 4. The van der Waals surface area contributed by atoms with Crippen LogP contribution in [0.3, 0.4) is 0 Å². The molecule has 0 bridgehead atoms. The fourth-order valence-electron chi connectivity index (χ4n) is 4.40. The van der Waals surface area contributed by atoms with E-state index in [4.69, 9.17) is 4.74 Å². The number of urea groups is 1. The Kier molecular flexibility index (Phi) is 6.89. The molecule has 0 aliphatic carbocycles. The summed E-state index contributed by atoms with van der Waals surface area (Å²) in [6.45, 7) is 6.90. The predicted octanol–water partition coefficient (Wildman–Crippen LogP) is 4.73. The Morgan fingerprint density at radius 3 is 2.00 bits per heavy atom. The molecular formula is C28H30FN3O3. The van der Waals surface area contributed by atoms with E-state index in [1.165, 1.54) is 18.1 Å². The number of nitrogens with one attached hydrogen (secondary N) is 1. The van der Waals surface area contributed by atoms with Crippen molar-refractivity contribution in [2.24, 2.45) is 0 Å². The number of nitrogens with zero attached hydrogens (tertiary/aromatic N) is 2. The van der Waals surface area contributed by atoms with Crippen LogP contribution in [0.25, 0.3) is 0 Å². The molecule has 0 unspecified atom stereocenters. The standard InChI is InChI=1S/C28H30FN3O3/c1-5-31(17-21-10-15-25(35-4)24(29)16-21)18-32-26(33)28(30-27(32)34,22-11-6-19(2)7-12-22)23-13-8-20(3)9-14-23/h6-16H,5,17-18H2,1-4H3,(H,30,34). The van der Waals surface area contributed by atoms with Gasteiger partial charge in [-0.05, 0) is 49.2 Å². The molecular weight excluding hydrogens is 445 g/mol. The van der Waals surface area contributed by atoms with Gasteiger partial charge < -0.3 is 10.1 Å². The van der Waals surface area contributed by atoms with Gasteiger partial charge in [-0.25, -0.2) is 14.1 Å². The van der Waals surface area contributed by atoms with Crippen molar-refractivity contribution in [2.75, 3.05) is 20.3 Å². The molecule has 3 aromatic rings. The van der Waals surface area contributed by atoms with E-state index >= 15 is 0 Å². The molecule has 0 spiro atoms. The average molecular weight is 476 g/mol. The van der Waals surface area contributed by atoms with Gasteiger partial charge in [0.05, 0.1) is 13.8 Å². The van der Waals surface area contributed by atoms with Crippen LogP contribution >= 0.6 is 0 Å². The van der Waals surface area contributed by atoms with E-state index in [-0.39, 0.29) is 18.3 Å². The van der Waals surface area contributed by atoms with E-state index in [1.807, 2.05) is 74.2 Å². The number of carbonyl (C=O) groups excluding carboxylic acids is 2. The van der Waals surface area contributed by atoms with Gasteiger partial charge in [-0.1, -0.05) is 72.6 Å². The van der Waals surface area contributed by atoms with Gasteiger partial charge in [0.1, 0.15) is 0 Å². The van der Waals surface area contributed by atoms with E-state index in [2.05, 4.69) is 5.32 Å². The Balaban J connectivity index is 1.65. The van der Waals surface area contributed by atoms with Crippen molar-refractivity contribution >= 4 is 11.9 Å². The van der Waals surface area contributed by atoms with Crippen molar-refractivity contribution in [3.63, 3.8) is 0 Å². The van der Waals surface area contributed by atoms with Gasteiger partial charge in [0.25, 0.3) is 5.91 Å². The molecule has 0 radical (unpaired) electrons. The second-order valence-corrected chi connectivity index (χ2v) is 8.90. The lowest BCUT2D eigenvalue weighted by molar-refractivity contribution is -0.131. The maximum absolute atomic E-state index is 14.2. The first kappa shape index (κ1) is 24.4. The van der Waals surface area contributed by atoms with Crippen LogP contribution in [-0.2, 0) is 16.9 Å². The summed E-state index contributed by atoms with van der Waals surface area (Å²) in [5.74, 6) is -0.616. The number of benzene rings is 3. The number of methoxy groups -OCH3 is 1. The highest BCUT2D eigenvalue weighted by atomic mass is 19.1. The summed E-state index contributed by atoms with van der Waals surface area (Å²) in [6.07, 6.45) is 0. The zero-order valence-corrected chi connectivity index (χ0v) is 20.5. The first-order valence-electron chi connectivity index (χ1n) is 11.6. The van der Waals surface area contributed by atoms with Crippen LogP contribution in [0.5, 0.6) is 5.75 Å². The van der Waals surface area contributed by atoms with E-state index in [0.717, 1.165) is 16.7 Å².